The SMILES string of the molecule is CCN(CC)CCOc1ccc(C(=N)c2c(N)ncnc2NC2C=CC(Nc3cc(C(C)(C)C)on3)=CC2)cc1. The summed E-state index contributed by atoms with van der Waals surface area (Å²) in [5.74, 6) is 3.03. The molecule has 10 nitrogen and oxygen atoms in total. The Morgan fingerprint density at radius 2 is 1.93 bits per heavy atom. The maximum atomic E-state index is 8.88. The molecule has 0 saturated carbocycles. The van der Waals surface area contributed by atoms with E-state index in [1.165, 1.54) is 6.33 Å². The first-order valence-electron chi connectivity index (χ1n) is 13.7. The number of hydrogen-bond acceptors (Lipinski definition) is 10. The van der Waals surface area contributed by atoms with Crippen LogP contribution >= 0.6 is 0 Å². The highest BCUT2D eigenvalue weighted by Crippen LogP contribution is 2.27. The zero-order valence-corrected chi connectivity index (χ0v) is 24.0. The zero-order valence-electron chi connectivity index (χ0n) is 24.0. The van der Waals surface area contributed by atoms with Crippen LogP contribution in [0.4, 0.5) is 17.5 Å². The maximum Gasteiger partial charge on any atom is 0.174 e. The van der Waals surface area contributed by atoms with E-state index in [9.17, 15) is 0 Å². The van der Waals surface area contributed by atoms with E-state index in [4.69, 9.17) is 20.4 Å². The molecular weight excluding hydrogens is 504 g/mol. The first-order chi connectivity index (χ1) is 19.2. The minimum Gasteiger partial charge on any atom is -0.492 e. The number of nitrogens with one attached hydrogen (secondary N) is 3. The second-order valence-corrected chi connectivity index (χ2v) is 10.7. The number of nitrogen functional groups attached to an aromatic ring is 1. The topological polar surface area (TPSA) is 138 Å². The lowest BCUT2D eigenvalue weighted by Gasteiger charge is -2.21. The Morgan fingerprint density at radius 1 is 1.18 bits per heavy atom. The molecule has 2 heterocycles. The van der Waals surface area contributed by atoms with Crippen molar-refractivity contribution in [1.82, 2.24) is 20.0 Å². The van der Waals surface area contributed by atoms with Crippen molar-refractivity contribution >= 4 is 23.2 Å². The third-order valence-corrected chi connectivity index (χ3v) is 6.78. The molecule has 1 unspecified atom stereocenters. The molecule has 3 aromatic rings. The van der Waals surface area contributed by atoms with Gasteiger partial charge >= 0.3 is 0 Å². The fourth-order valence-electron chi connectivity index (χ4n) is 4.28. The molecule has 1 atom stereocenters. The van der Waals surface area contributed by atoms with Gasteiger partial charge in [-0.05, 0) is 49.9 Å². The Kier molecular flexibility index (Phi) is 9.21. The molecule has 5 N–H and O–H groups in total. The van der Waals surface area contributed by atoms with Gasteiger partial charge in [-0.1, -0.05) is 51.9 Å². The smallest absolute Gasteiger partial charge is 0.174 e. The van der Waals surface area contributed by atoms with E-state index < -0.39 is 0 Å². The van der Waals surface area contributed by atoms with Crippen LogP contribution in [0, 0.1) is 5.41 Å². The molecular formula is C30H40N8O2. The summed E-state index contributed by atoms with van der Waals surface area (Å²) in [4.78, 5) is 10.9. The normalized spacial score (nSPS) is 15.2. The largest absolute Gasteiger partial charge is 0.492 e. The molecule has 1 aromatic carbocycles. The summed E-state index contributed by atoms with van der Waals surface area (Å²) in [6.07, 6.45) is 8.23. The number of hydrogen-bond donors (Lipinski definition) is 4. The lowest BCUT2D eigenvalue weighted by molar-refractivity contribution is 0.223. The van der Waals surface area contributed by atoms with Gasteiger partial charge in [0.1, 0.15) is 36.1 Å². The van der Waals surface area contributed by atoms with Gasteiger partial charge in [0.05, 0.1) is 11.3 Å². The van der Waals surface area contributed by atoms with E-state index in [1.807, 2.05) is 42.5 Å². The molecule has 0 bridgehead atoms. The molecule has 0 fully saturated rings. The van der Waals surface area contributed by atoms with Gasteiger partial charge in [-0.2, -0.15) is 0 Å². The number of aromatic nitrogens is 3. The van der Waals surface area contributed by atoms with Crippen molar-refractivity contribution < 1.29 is 9.26 Å². The lowest BCUT2D eigenvalue weighted by atomic mass is 9.93. The standard InChI is InChI=1S/C30H40N8O2/c1-6-38(7-2)16-17-39-23-14-8-20(9-15-23)27(31)26-28(32)33-19-34-29(26)36-22-12-10-21(11-13-22)35-25-18-24(40-37-25)30(3,4)5/h8-12,14-15,18-19,22,31H,6-7,13,16-17H2,1-5H3,(H,35,37)(H3,32,33,34,36). The van der Waals surface area contributed by atoms with E-state index in [0.29, 0.717) is 35.8 Å². The van der Waals surface area contributed by atoms with Crippen molar-refractivity contribution in [3.63, 3.8) is 0 Å². The molecule has 0 saturated heterocycles. The summed E-state index contributed by atoms with van der Waals surface area (Å²) in [5, 5.41) is 19.7. The van der Waals surface area contributed by atoms with Crippen LogP contribution in [0.3, 0.4) is 0 Å². The number of ether oxygens (including phenoxy) is 1. The molecule has 10 heteroatoms. The average molecular weight is 545 g/mol. The van der Waals surface area contributed by atoms with Gasteiger partial charge in [-0.15, -0.1) is 0 Å². The Labute approximate surface area is 236 Å². The van der Waals surface area contributed by atoms with Crippen LogP contribution in [0.5, 0.6) is 5.75 Å². The molecule has 0 amide bonds. The summed E-state index contributed by atoms with van der Waals surface area (Å²) < 4.78 is 11.4. The summed E-state index contributed by atoms with van der Waals surface area (Å²) in [7, 11) is 0. The Morgan fingerprint density at radius 3 is 2.55 bits per heavy atom. The van der Waals surface area contributed by atoms with Gasteiger partial charge in [0.2, 0.25) is 0 Å². The van der Waals surface area contributed by atoms with Crippen molar-refractivity contribution in [2.45, 2.75) is 52.5 Å². The molecule has 1 aliphatic carbocycles. The number of likely N-dealkylation sites (N-methyl/N-ethyl adjacent to an activating group) is 1. The van der Waals surface area contributed by atoms with Crippen LogP contribution in [0.15, 0.2) is 65.1 Å². The number of benzene rings is 1. The highest BCUT2D eigenvalue weighted by atomic mass is 16.5. The van der Waals surface area contributed by atoms with Crippen molar-refractivity contribution in [3.8, 4) is 5.75 Å². The first-order valence-corrected chi connectivity index (χ1v) is 13.7. The first kappa shape index (κ1) is 28.8. The summed E-state index contributed by atoms with van der Waals surface area (Å²) in [6.45, 7) is 14.0. The molecule has 4 rings (SSSR count). The van der Waals surface area contributed by atoms with Crippen molar-refractivity contribution in [3.05, 3.63) is 77.5 Å². The number of rotatable bonds is 12. The van der Waals surface area contributed by atoms with Crippen LogP contribution in [-0.4, -0.2) is 58.0 Å². The Bertz CT molecular complexity index is 1350. The molecule has 2 aromatic heterocycles. The molecule has 0 aliphatic heterocycles. The molecule has 0 spiro atoms. The monoisotopic (exact) mass is 544 g/mol. The minimum absolute atomic E-state index is 0.0320. The lowest BCUT2D eigenvalue weighted by Crippen LogP contribution is -2.27. The summed E-state index contributed by atoms with van der Waals surface area (Å²) in [6, 6.07) is 9.37. The van der Waals surface area contributed by atoms with Gasteiger partial charge in [0.15, 0.2) is 5.82 Å². The van der Waals surface area contributed by atoms with E-state index in [0.717, 1.165) is 36.8 Å². The van der Waals surface area contributed by atoms with E-state index in [-0.39, 0.29) is 23.0 Å². The highest BCUT2D eigenvalue weighted by molar-refractivity contribution is 6.16. The van der Waals surface area contributed by atoms with Crippen LogP contribution in [0.1, 0.15) is 57.9 Å². The van der Waals surface area contributed by atoms with E-state index in [2.05, 4.69) is 71.4 Å². The van der Waals surface area contributed by atoms with Crippen LogP contribution in [0.2, 0.25) is 0 Å². The molecule has 0 radical (unpaired) electrons. The van der Waals surface area contributed by atoms with Crippen molar-refractivity contribution in [1.29, 1.82) is 5.41 Å². The molecule has 212 valence electrons. The number of anilines is 3. The molecule has 40 heavy (non-hydrogen) atoms. The minimum atomic E-state index is -0.107. The predicted molar refractivity (Wildman–Crippen MR) is 160 cm³/mol. The van der Waals surface area contributed by atoms with Gasteiger partial charge in [-0.3, -0.25) is 5.41 Å². The van der Waals surface area contributed by atoms with Crippen molar-refractivity contribution in [2.24, 2.45) is 0 Å². The fraction of sp³-hybridized carbons (Fsp3) is 0.400. The van der Waals surface area contributed by atoms with Crippen LogP contribution in [0.25, 0.3) is 0 Å². The van der Waals surface area contributed by atoms with Crippen LogP contribution in [-0.2, 0) is 5.41 Å². The van der Waals surface area contributed by atoms with Gasteiger partial charge < -0.3 is 30.5 Å². The second-order valence-electron chi connectivity index (χ2n) is 10.7. The van der Waals surface area contributed by atoms with Gasteiger partial charge in [-0.25, -0.2) is 9.97 Å². The van der Waals surface area contributed by atoms with E-state index >= 15 is 0 Å². The van der Waals surface area contributed by atoms with E-state index in [1.54, 1.807) is 0 Å². The predicted octanol–water partition coefficient (Wildman–Crippen LogP) is 5.22. The van der Waals surface area contributed by atoms with Gasteiger partial charge in [0.25, 0.3) is 0 Å². The number of nitrogens with zero attached hydrogens (tertiary/aromatic N) is 4. The quantitative estimate of drug-likeness (QED) is 0.226. The average Bonchev–Trinajstić information content (AvgIpc) is 3.42. The summed E-state index contributed by atoms with van der Waals surface area (Å²) in [5.41, 5.74) is 8.48. The Hall–Kier alpha value is -4.18. The molecule has 1 aliphatic rings. The number of nitrogens with two attached hydrogens (primary N) is 1. The zero-order chi connectivity index (χ0) is 28.7. The van der Waals surface area contributed by atoms with Crippen LogP contribution < -0.4 is 21.1 Å². The number of allylic oxidation sites excluding steroid dienone is 1. The maximum absolute atomic E-state index is 8.88. The third-order valence-electron chi connectivity index (χ3n) is 6.78. The third kappa shape index (κ3) is 7.26. The fourth-order valence-corrected chi connectivity index (χ4v) is 4.28. The summed E-state index contributed by atoms with van der Waals surface area (Å²) >= 11 is 0. The van der Waals surface area contributed by atoms with Crippen molar-refractivity contribution in [2.75, 3.05) is 42.6 Å². The van der Waals surface area contributed by atoms with Gasteiger partial charge in [0, 0.05) is 35.3 Å². The second kappa shape index (κ2) is 12.8. The Balaban J connectivity index is 1.38. The highest BCUT2D eigenvalue weighted by Gasteiger charge is 2.21.